The molecule has 0 fully saturated rings. The Morgan fingerprint density at radius 3 is 2.50 bits per heavy atom. The van der Waals surface area contributed by atoms with Gasteiger partial charge >= 0.3 is 5.97 Å². The molecule has 0 saturated heterocycles. The van der Waals surface area contributed by atoms with Gasteiger partial charge in [0.2, 0.25) is 0 Å². The fourth-order valence-electron chi connectivity index (χ4n) is 2.53. The van der Waals surface area contributed by atoms with Crippen LogP contribution in [-0.2, 0) is 14.3 Å². The second-order valence-electron chi connectivity index (χ2n) is 6.00. The van der Waals surface area contributed by atoms with Crippen molar-refractivity contribution in [3.05, 3.63) is 22.8 Å². The zero-order valence-corrected chi connectivity index (χ0v) is 13.3. The van der Waals surface area contributed by atoms with E-state index in [0.29, 0.717) is 12.8 Å². The van der Waals surface area contributed by atoms with Gasteiger partial charge in [-0.15, -0.1) is 0 Å². The van der Waals surface area contributed by atoms with Crippen LogP contribution in [0.3, 0.4) is 0 Å². The molecule has 1 rings (SSSR count). The third kappa shape index (κ3) is 4.95. The van der Waals surface area contributed by atoms with Gasteiger partial charge in [0.25, 0.3) is 0 Å². The number of ether oxygens (including phenoxy) is 1. The first-order chi connectivity index (χ1) is 9.31. The van der Waals surface area contributed by atoms with Crippen LogP contribution in [0, 0.1) is 5.92 Å². The molecular weight excluding hydrogens is 252 g/mol. The molecule has 0 N–H and O–H groups in total. The normalized spacial score (nSPS) is 24.9. The van der Waals surface area contributed by atoms with Crippen molar-refractivity contribution in [3.8, 4) is 0 Å². The summed E-state index contributed by atoms with van der Waals surface area (Å²) in [5.41, 5.74) is 3.26. The summed E-state index contributed by atoms with van der Waals surface area (Å²) in [6, 6.07) is 0. The lowest BCUT2D eigenvalue weighted by molar-refractivity contribution is -0.145. The van der Waals surface area contributed by atoms with Crippen molar-refractivity contribution in [2.45, 2.75) is 66.4 Å². The van der Waals surface area contributed by atoms with Crippen molar-refractivity contribution < 1.29 is 14.3 Å². The Labute approximate surface area is 122 Å². The molecule has 0 spiro atoms. The van der Waals surface area contributed by atoms with Crippen molar-refractivity contribution in [2.24, 2.45) is 5.92 Å². The van der Waals surface area contributed by atoms with Crippen molar-refractivity contribution in [3.63, 3.8) is 0 Å². The predicted molar refractivity (Wildman–Crippen MR) is 80.3 cm³/mol. The molecule has 3 nitrogen and oxygen atoms in total. The van der Waals surface area contributed by atoms with Crippen LogP contribution in [0.25, 0.3) is 0 Å². The monoisotopic (exact) mass is 278 g/mol. The predicted octanol–water partition coefficient (Wildman–Crippen LogP) is 3.98. The van der Waals surface area contributed by atoms with Gasteiger partial charge in [-0.1, -0.05) is 24.1 Å². The Morgan fingerprint density at radius 2 is 1.95 bits per heavy atom. The van der Waals surface area contributed by atoms with E-state index in [2.05, 4.69) is 13.0 Å². The summed E-state index contributed by atoms with van der Waals surface area (Å²) in [6.07, 6.45) is 4.74. The van der Waals surface area contributed by atoms with Crippen LogP contribution >= 0.6 is 0 Å². The largest absolute Gasteiger partial charge is 0.458 e. The first-order valence-corrected chi connectivity index (χ1v) is 7.33. The number of carbonyl (C=O) groups excluding carboxylic acids is 2. The highest BCUT2D eigenvalue weighted by Crippen LogP contribution is 2.27. The number of hydrogen-bond acceptors (Lipinski definition) is 3. The molecule has 1 aliphatic rings. The standard InChI is InChI=1S/C17H26O3/c1-11(2)15-10-16(19)13(4)8-6-7-12(3)9-17(15)20-14(5)18/h7,13,17H,6,8-10H2,1-5H3/t13-,17?/m0/s1. The van der Waals surface area contributed by atoms with Gasteiger partial charge in [0.05, 0.1) is 0 Å². The van der Waals surface area contributed by atoms with E-state index >= 15 is 0 Å². The molecule has 0 aromatic heterocycles. The highest BCUT2D eigenvalue weighted by molar-refractivity contribution is 5.83. The lowest BCUT2D eigenvalue weighted by Crippen LogP contribution is -2.24. The summed E-state index contributed by atoms with van der Waals surface area (Å²) in [7, 11) is 0. The summed E-state index contributed by atoms with van der Waals surface area (Å²) in [5, 5.41) is 0. The minimum Gasteiger partial charge on any atom is -0.458 e. The maximum absolute atomic E-state index is 12.3. The van der Waals surface area contributed by atoms with Crippen LogP contribution in [0.2, 0.25) is 0 Å². The Balaban J connectivity index is 3.12. The fourth-order valence-corrected chi connectivity index (χ4v) is 2.53. The zero-order chi connectivity index (χ0) is 15.3. The Hall–Kier alpha value is -1.38. The van der Waals surface area contributed by atoms with E-state index in [-0.39, 0.29) is 23.8 Å². The highest BCUT2D eigenvalue weighted by atomic mass is 16.5. The maximum atomic E-state index is 12.3. The number of Topliss-reactive ketones (excluding diaryl/α,β-unsaturated/α-hetero) is 1. The van der Waals surface area contributed by atoms with Gasteiger partial charge in [-0.3, -0.25) is 9.59 Å². The first-order valence-electron chi connectivity index (χ1n) is 7.33. The molecule has 2 atom stereocenters. The number of ketones is 1. The van der Waals surface area contributed by atoms with E-state index < -0.39 is 0 Å². The summed E-state index contributed by atoms with van der Waals surface area (Å²) in [6.45, 7) is 9.43. The quantitative estimate of drug-likeness (QED) is 0.538. The molecule has 0 heterocycles. The molecule has 0 aromatic rings. The highest BCUT2D eigenvalue weighted by Gasteiger charge is 2.24. The SMILES string of the molecule is CC(=O)OC1CC(C)=CCC[C@H](C)C(=O)CC1=C(C)C. The van der Waals surface area contributed by atoms with Crippen LogP contribution in [0.1, 0.15) is 60.3 Å². The second-order valence-corrected chi connectivity index (χ2v) is 6.00. The van der Waals surface area contributed by atoms with Crippen LogP contribution < -0.4 is 0 Å². The van der Waals surface area contributed by atoms with Crippen LogP contribution in [0.5, 0.6) is 0 Å². The molecule has 0 aliphatic heterocycles. The van der Waals surface area contributed by atoms with Gasteiger partial charge in [-0.05, 0) is 39.2 Å². The molecule has 0 saturated carbocycles. The number of rotatable bonds is 1. The average Bonchev–Trinajstić information content (AvgIpc) is 2.32. The summed E-state index contributed by atoms with van der Waals surface area (Å²) < 4.78 is 5.46. The maximum Gasteiger partial charge on any atom is 0.303 e. The van der Waals surface area contributed by atoms with Crippen molar-refractivity contribution >= 4 is 11.8 Å². The molecule has 3 heteroatoms. The second kappa shape index (κ2) is 7.41. The van der Waals surface area contributed by atoms with E-state index in [1.807, 2.05) is 20.8 Å². The third-order valence-corrected chi connectivity index (χ3v) is 3.85. The van der Waals surface area contributed by atoms with E-state index in [1.165, 1.54) is 12.5 Å². The number of carbonyl (C=O) groups is 2. The number of esters is 1. The average molecular weight is 278 g/mol. The van der Waals surface area contributed by atoms with Gasteiger partial charge in [0.15, 0.2) is 0 Å². The van der Waals surface area contributed by atoms with Crippen LogP contribution in [0.15, 0.2) is 22.8 Å². The summed E-state index contributed by atoms with van der Waals surface area (Å²) in [5.74, 6) is 0.00916. The fraction of sp³-hybridized carbons (Fsp3) is 0.647. The zero-order valence-electron chi connectivity index (χ0n) is 13.3. The smallest absolute Gasteiger partial charge is 0.303 e. The number of allylic oxidation sites excluding steroid dienone is 2. The van der Waals surface area contributed by atoms with E-state index in [4.69, 9.17) is 4.74 Å². The van der Waals surface area contributed by atoms with Gasteiger partial charge in [-0.25, -0.2) is 0 Å². The molecular formula is C17H26O3. The summed E-state index contributed by atoms with van der Waals surface area (Å²) in [4.78, 5) is 23.6. The molecule has 0 aromatic carbocycles. The van der Waals surface area contributed by atoms with Crippen LogP contribution in [-0.4, -0.2) is 17.9 Å². The molecule has 20 heavy (non-hydrogen) atoms. The van der Waals surface area contributed by atoms with Crippen molar-refractivity contribution in [1.29, 1.82) is 0 Å². The number of hydrogen-bond donors (Lipinski definition) is 0. The molecule has 112 valence electrons. The lowest BCUT2D eigenvalue weighted by atomic mass is 9.87. The van der Waals surface area contributed by atoms with Crippen molar-refractivity contribution in [2.75, 3.05) is 0 Å². The van der Waals surface area contributed by atoms with E-state index in [9.17, 15) is 9.59 Å². The minimum atomic E-state index is -0.303. The molecule has 1 unspecified atom stereocenters. The minimum absolute atomic E-state index is 0.0597. The topological polar surface area (TPSA) is 43.4 Å². The molecule has 0 bridgehead atoms. The summed E-state index contributed by atoms with van der Waals surface area (Å²) >= 11 is 0. The third-order valence-electron chi connectivity index (χ3n) is 3.85. The van der Waals surface area contributed by atoms with Gasteiger partial charge in [0.1, 0.15) is 11.9 Å². The molecule has 0 radical (unpaired) electrons. The Kier molecular flexibility index (Phi) is 6.18. The first kappa shape index (κ1) is 16.7. The Bertz CT molecular complexity index is 439. The van der Waals surface area contributed by atoms with Crippen molar-refractivity contribution in [1.82, 2.24) is 0 Å². The lowest BCUT2D eigenvalue weighted by Gasteiger charge is -2.24. The van der Waals surface area contributed by atoms with Gasteiger partial charge in [0, 0.05) is 25.7 Å². The Morgan fingerprint density at radius 1 is 1.30 bits per heavy atom. The van der Waals surface area contributed by atoms with E-state index in [1.54, 1.807) is 0 Å². The molecule has 0 amide bonds. The van der Waals surface area contributed by atoms with Crippen LogP contribution in [0.4, 0.5) is 0 Å². The van der Waals surface area contributed by atoms with E-state index in [0.717, 1.165) is 24.0 Å². The van der Waals surface area contributed by atoms with Gasteiger partial charge < -0.3 is 4.74 Å². The molecule has 1 aliphatic carbocycles. The van der Waals surface area contributed by atoms with Gasteiger partial charge in [-0.2, -0.15) is 0 Å².